The Bertz CT molecular complexity index is 815. The molecule has 0 aliphatic rings. The smallest absolute Gasteiger partial charge is 0.161 e. The summed E-state index contributed by atoms with van der Waals surface area (Å²) in [6.45, 7) is 2.86. The molecule has 0 saturated carbocycles. The number of nitrogens with one attached hydrogen (secondary N) is 1. The Morgan fingerprint density at radius 1 is 1.00 bits per heavy atom. The lowest BCUT2D eigenvalue weighted by molar-refractivity contribution is 0.354. The van der Waals surface area contributed by atoms with Gasteiger partial charge >= 0.3 is 0 Å². The SMILES string of the molecule is COc1ccc(CNc2cc(-c3ccncc3)sc2C)cc1OC. The summed E-state index contributed by atoms with van der Waals surface area (Å²) in [4.78, 5) is 6.58. The van der Waals surface area contributed by atoms with Gasteiger partial charge in [-0.1, -0.05) is 6.07 Å². The number of ether oxygens (including phenoxy) is 2. The van der Waals surface area contributed by atoms with E-state index in [9.17, 15) is 0 Å². The van der Waals surface area contributed by atoms with Gasteiger partial charge in [-0.25, -0.2) is 0 Å². The molecule has 0 amide bonds. The molecular weight excluding hydrogens is 320 g/mol. The second-order valence-corrected chi connectivity index (χ2v) is 6.62. The van der Waals surface area contributed by atoms with E-state index in [4.69, 9.17) is 9.47 Å². The number of aromatic nitrogens is 1. The summed E-state index contributed by atoms with van der Waals surface area (Å²) in [5, 5.41) is 3.51. The number of benzene rings is 1. The minimum atomic E-state index is 0.730. The molecule has 3 aromatic rings. The number of thiophene rings is 1. The molecule has 1 aromatic carbocycles. The molecule has 0 saturated heterocycles. The van der Waals surface area contributed by atoms with Crippen LogP contribution in [0, 0.1) is 6.92 Å². The third-order valence-electron chi connectivity index (χ3n) is 3.81. The van der Waals surface area contributed by atoms with Crippen molar-refractivity contribution < 1.29 is 9.47 Å². The number of hydrogen-bond donors (Lipinski definition) is 1. The fraction of sp³-hybridized carbons (Fsp3) is 0.211. The molecule has 4 nitrogen and oxygen atoms in total. The highest BCUT2D eigenvalue weighted by Crippen LogP contribution is 2.34. The summed E-state index contributed by atoms with van der Waals surface area (Å²) in [5.41, 5.74) is 3.49. The maximum Gasteiger partial charge on any atom is 0.161 e. The molecule has 0 radical (unpaired) electrons. The number of methoxy groups -OCH3 is 2. The summed E-state index contributed by atoms with van der Waals surface area (Å²) in [7, 11) is 3.30. The Labute approximate surface area is 146 Å². The molecule has 124 valence electrons. The maximum atomic E-state index is 5.36. The van der Waals surface area contributed by atoms with E-state index in [-0.39, 0.29) is 0 Å². The molecule has 0 spiro atoms. The standard InChI is InChI=1S/C19H20N2O2S/c1-13-16(11-19(24-13)15-6-8-20-9-7-15)21-12-14-4-5-17(22-2)18(10-14)23-3/h4-11,21H,12H2,1-3H3. The lowest BCUT2D eigenvalue weighted by Gasteiger charge is -2.10. The van der Waals surface area contributed by atoms with E-state index in [1.54, 1.807) is 25.6 Å². The van der Waals surface area contributed by atoms with E-state index in [1.807, 2.05) is 42.7 Å². The fourth-order valence-electron chi connectivity index (χ4n) is 2.50. The number of aryl methyl sites for hydroxylation is 1. The first-order chi connectivity index (χ1) is 11.7. The Hall–Kier alpha value is -2.53. The van der Waals surface area contributed by atoms with Crippen molar-refractivity contribution in [3.8, 4) is 21.9 Å². The van der Waals surface area contributed by atoms with Gasteiger partial charge in [-0.15, -0.1) is 11.3 Å². The second kappa shape index (κ2) is 7.36. The fourth-order valence-corrected chi connectivity index (χ4v) is 3.51. The van der Waals surface area contributed by atoms with Crippen molar-refractivity contribution in [3.05, 3.63) is 59.2 Å². The number of rotatable bonds is 6. The molecule has 0 aliphatic heterocycles. The van der Waals surface area contributed by atoms with Crippen LogP contribution >= 0.6 is 11.3 Å². The van der Waals surface area contributed by atoms with Gasteiger partial charge < -0.3 is 14.8 Å². The predicted molar refractivity (Wildman–Crippen MR) is 99.2 cm³/mol. The van der Waals surface area contributed by atoms with E-state index < -0.39 is 0 Å². The van der Waals surface area contributed by atoms with Gasteiger partial charge in [0.2, 0.25) is 0 Å². The largest absolute Gasteiger partial charge is 0.493 e. The van der Waals surface area contributed by atoms with Crippen molar-refractivity contribution in [1.29, 1.82) is 0 Å². The Morgan fingerprint density at radius 2 is 1.75 bits per heavy atom. The highest BCUT2D eigenvalue weighted by Gasteiger charge is 2.08. The van der Waals surface area contributed by atoms with E-state index in [0.717, 1.165) is 29.3 Å². The van der Waals surface area contributed by atoms with Crippen LogP contribution in [0.5, 0.6) is 11.5 Å². The Kier molecular flexibility index (Phi) is 5.01. The molecule has 0 unspecified atom stereocenters. The zero-order valence-electron chi connectivity index (χ0n) is 14.0. The van der Waals surface area contributed by atoms with Crippen LogP contribution in [0.3, 0.4) is 0 Å². The van der Waals surface area contributed by atoms with Gasteiger partial charge in [0.05, 0.1) is 14.2 Å². The van der Waals surface area contributed by atoms with Crippen LogP contribution < -0.4 is 14.8 Å². The van der Waals surface area contributed by atoms with Crippen LogP contribution in [0.4, 0.5) is 5.69 Å². The minimum absolute atomic E-state index is 0.730. The van der Waals surface area contributed by atoms with E-state index >= 15 is 0 Å². The molecule has 24 heavy (non-hydrogen) atoms. The lowest BCUT2D eigenvalue weighted by atomic mass is 10.2. The number of nitrogens with zero attached hydrogens (tertiary/aromatic N) is 1. The third-order valence-corrected chi connectivity index (χ3v) is 4.91. The van der Waals surface area contributed by atoms with Crippen LogP contribution in [0.1, 0.15) is 10.4 Å². The number of anilines is 1. The molecular formula is C19H20N2O2S. The van der Waals surface area contributed by atoms with Crippen molar-refractivity contribution in [1.82, 2.24) is 4.98 Å². The van der Waals surface area contributed by atoms with Crippen LogP contribution in [0.2, 0.25) is 0 Å². The normalized spacial score (nSPS) is 10.5. The predicted octanol–water partition coefficient (Wildman–Crippen LogP) is 4.75. The van der Waals surface area contributed by atoms with Crippen molar-refractivity contribution in [2.75, 3.05) is 19.5 Å². The van der Waals surface area contributed by atoms with Crippen LogP contribution in [0.25, 0.3) is 10.4 Å². The summed E-state index contributed by atoms with van der Waals surface area (Å²) >= 11 is 1.78. The molecule has 0 atom stereocenters. The molecule has 0 aliphatic carbocycles. The van der Waals surface area contributed by atoms with Gasteiger partial charge in [0.25, 0.3) is 0 Å². The molecule has 2 heterocycles. The van der Waals surface area contributed by atoms with Crippen molar-refractivity contribution in [3.63, 3.8) is 0 Å². The lowest BCUT2D eigenvalue weighted by Crippen LogP contribution is -2.00. The van der Waals surface area contributed by atoms with Crippen molar-refractivity contribution >= 4 is 17.0 Å². The minimum Gasteiger partial charge on any atom is -0.493 e. The van der Waals surface area contributed by atoms with E-state index in [2.05, 4.69) is 23.3 Å². The van der Waals surface area contributed by atoms with Gasteiger partial charge in [-0.2, -0.15) is 0 Å². The van der Waals surface area contributed by atoms with E-state index in [1.165, 1.54) is 15.3 Å². The topological polar surface area (TPSA) is 43.4 Å². The maximum absolute atomic E-state index is 5.36. The van der Waals surface area contributed by atoms with Crippen LogP contribution in [-0.2, 0) is 6.54 Å². The summed E-state index contributed by atoms with van der Waals surface area (Å²) < 4.78 is 10.6. The summed E-state index contributed by atoms with van der Waals surface area (Å²) in [5.74, 6) is 1.49. The van der Waals surface area contributed by atoms with Crippen LogP contribution in [-0.4, -0.2) is 19.2 Å². The number of hydrogen-bond acceptors (Lipinski definition) is 5. The molecule has 0 bridgehead atoms. The first kappa shape index (κ1) is 16.3. The molecule has 0 fully saturated rings. The van der Waals surface area contributed by atoms with Gasteiger partial charge in [0, 0.05) is 34.4 Å². The average molecular weight is 340 g/mol. The monoisotopic (exact) mass is 340 g/mol. The third kappa shape index (κ3) is 3.51. The highest BCUT2D eigenvalue weighted by atomic mass is 32.1. The zero-order valence-corrected chi connectivity index (χ0v) is 14.8. The first-order valence-electron chi connectivity index (χ1n) is 7.67. The average Bonchev–Trinajstić information content (AvgIpc) is 3.01. The highest BCUT2D eigenvalue weighted by molar-refractivity contribution is 7.16. The molecule has 1 N–H and O–H groups in total. The summed E-state index contributed by atoms with van der Waals surface area (Å²) in [6.07, 6.45) is 3.64. The Morgan fingerprint density at radius 3 is 2.46 bits per heavy atom. The molecule has 2 aromatic heterocycles. The molecule has 5 heteroatoms. The Balaban J connectivity index is 1.74. The first-order valence-corrected chi connectivity index (χ1v) is 8.48. The zero-order chi connectivity index (χ0) is 16.9. The van der Waals surface area contributed by atoms with Crippen LogP contribution in [0.15, 0.2) is 48.8 Å². The van der Waals surface area contributed by atoms with E-state index in [0.29, 0.717) is 0 Å². The molecule has 3 rings (SSSR count). The van der Waals surface area contributed by atoms with Gasteiger partial charge in [-0.05, 0) is 48.4 Å². The number of pyridine rings is 1. The van der Waals surface area contributed by atoms with Gasteiger partial charge in [0.15, 0.2) is 11.5 Å². The second-order valence-electron chi connectivity index (χ2n) is 5.36. The summed E-state index contributed by atoms with van der Waals surface area (Å²) in [6, 6.07) is 12.2. The van der Waals surface area contributed by atoms with Crippen molar-refractivity contribution in [2.24, 2.45) is 0 Å². The quantitative estimate of drug-likeness (QED) is 0.703. The van der Waals surface area contributed by atoms with Gasteiger partial charge in [0.1, 0.15) is 0 Å². The van der Waals surface area contributed by atoms with Crippen molar-refractivity contribution in [2.45, 2.75) is 13.5 Å². The van der Waals surface area contributed by atoms with Gasteiger partial charge in [-0.3, -0.25) is 4.98 Å².